The first kappa shape index (κ1) is 18.8. The number of carbonyl (C=O) groups excluding carboxylic acids is 1. The van der Waals surface area contributed by atoms with Gasteiger partial charge in [-0.05, 0) is 37.5 Å². The van der Waals surface area contributed by atoms with Crippen molar-refractivity contribution in [2.45, 2.75) is 45.6 Å². The number of benzene rings is 2. The van der Waals surface area contributed by atoms with E-state index in [1.165, 1.54) is 5.56 Å². The molecule has 0 saturated heterocycles. The third-order valence-corrected chi connectivity index (χ3v) is 4.70. The Hall–Kier alpha value is -2.95. The van der Waals surface area contributed by atoms with Crippen LogP contribution in [0.4, 0.5) is 0 Å². The zero-order chi connectivity index (χ0) is 19.2. The molecule has 0 aliphatic heterocycles. The van der Waals surface area contributed by atoms with E-state index in [-0.39, 0.29) is 17.5 Å². The third-order valence-electron chi connectivity index (χ3n) is 4.70. The smallest absolute Gasteiger partial charge is 0.258 e. The zero-order valence-electron chi connectivity index (χ0n) is 15.8. The highest BCUT2D eigenvalue weighted by Crippen LogP contribution is 2.17. The summed E-state index contributed by atoms with van der Waals surface area (Å²) in [7, 11) is 0. The fraction of sp³-hybridized carbons (Fsp3) is 0.318. The molecule has 0 fully saturated rings. The summed E-state index contributed by atoms with van der Waals surface area (Å²) < 4.78 is 0. The molecule has 2 N–H and O–H groups in total. The molecule has 27 heavy (non-hydrogen) atoms. The van der Waals surface area contributed by atoms with Crippen molar-refractivity contribution in [2.24, 2.45) is 0 Å². The Labute approximate surface area is 158 Å². The number of aromatic nitrogens is 2. The van der Waals surface area contributed by atoms with Crippen molar-refractivity contribution < 1.29 is 4.79 Å². The van der Waals surface area contributed by atoms with Gasteiger partial charge in [0.2, 0.25) is 5.91 Å². The second kappa shape index (κ2) is 8.62. The lowest BCUT2D eigenvalue weighted by Crippen LogP contribution is -2.28. The van der Waals surface area contributed by atoms with Gasteiger partial charge in [0.1, 0.15) is 5.82 Å². The van der Waals surface area contributed by atoms with Crippen molar-refractivity contribution in [3.8, 4) is 0 Å². The topological polar surface area (TPSA) is 74.8 Å². The van der Waals surface area contributed by atoms with Crippen LogP contribution in [0.3, 0.4) is 0 Å². The van der Waals surface area contributed by atoms with Crippen molar-refractivity contribution in [2.75, 3.05) is 0 Å². The first-order valence-electron chi connectivity index (χ1n) is 9.40. The Morgan fingerprint density at radius 1 is 1.15 bits per heavy atom. The van der Waals surface area contributed by atoms with Gasteiger partial charge in [-0.3, -0.25) is 9.59 Å². The molecule has 0 unspecified atom stereocenters. The molecule has 1 aromatic heterocycles. The van der Waals surface area contributed by atoms with E-state index in [4.69, 9.17) is 0 Å². The van der Waals surface area contributed by atoms with Gasteiger partial charge in [-0.25, -0.2) is 4.98 Å². The van der Waals surface area contributed by atoms with Crippen molar-refractivity contribution in [1.82, 2.24) is 15.3 Å². The molecular weight excluding hydrogens is 338 g/mol. The van der Waals surface area contributed by atoms with Crippen molar-refractivity contribution in [3.05, 3.63) is 75.8 Å². The zero-order valence-corrected chi connectivity index (χ0v) is 15.8. The highest BCUT2D eigenvalue weighted by molar-refractivity contribution is 5.77. The summed E-state index contributed by atoms with van der Waals surface area (Å²) in [5.74, 6) is 0.641. The first-order valence-corrected chi connectivity index (χ1v) is 9.40. The molecule has 140 valence electrons. The van der Waals surface area contributed by atoms with Crippen molar-refractivity contribution in [3.63, 3.8) is 0 Å². The van der Waals surface area contributed by atoms with Crippen LogP contribution in [0.15, 0.2) is 53.3 Å². The van der Waals surface area contributed by atoms with Crippen molar-refractivity contribution in [1.29, 1.82) is 0 Å². The molecule has 0 bridgehead atoms. The Morgan fingerprint density at radius 3 is 2.63 bits per heavy atom. The molecule has 5 nitrogen and oxygen atoms in total. The summed E-state index contributed by atoms with van der Waals surface area (Å²) >= 11 is 0. The molecule has 1 heterocycles. The first-order chi connectivity index (χ1) is 13.1. The molecule has 1 atom stereocenters. The van der Waals surface area contributed by atoms with E-state index >= 15 is 0 Å². The summed E-state index contributed by atoms with van der Waals surface area (Å²) in [6.45, 7) is 4.11. The van der Waals surface area contributed by atoms with Gasteiger partial charge < -0.3 is 10.3 Å². The van der Waals surface area contributed by atoms with Crippen molar-refractivity contribution >= 4 is 16.8 Å². The molecule has 3 rings (SSSR count). The standard InChI is InChI=1S/C22H25N3O2/c1-3-18(16-13-11-15(2)12-14-16)24-21(26)10-6-9-20-23-19-8-5-4-7-17(19)22(27)25-20/h4-5,7-8,11-14,18H,3,6,9-10H2,1-2H3,(H,24,26)(H,23,25,27)/t18-/m1/s1. The number of hydrogen-bond donors (Lipinski definition) is 2. The predicted octanol–water partition coefficient (Wildman–Crippen LogP) is 3.82. The predicted molar refractivity (Wildman–Crippen MR) is 108 cm³/mol. The second-order valence-electron chi connectivity index (χ2n) is 6.82. The molecule has 5 heteroatoms. The molecule has 0 spiro atoms. The minimum Gasteiger partial charge on any atom is -0.349 e. The number of hydrogen-bond acceptors (Lipinski definition) is 3. The van der Waals surface area contributed by atoms with Crippen LogP contribution in [0.25, 0.3) is 10.9 Å². The summed E-state index contributed by atoms with van der Waals surface area (Å²) in [5, 5.41) is 3.68. The summed E-state index contributed by atoms with van der Waals surface area (Å²) in [5.41, 5.74) is 2.88. The fourth-order valence-electron chi connectivity index (χ4n) is 3.16. The third kappa shape index (κ3) is 4.82. The van der Waals surface area contributed by atoms with Crippen LogP contribution in [0, 0.1) is 6.92 Å². The summed E-state index contributed by atoms with van der Waals surface area (Å²) in [6, 6.07) is 15.5. The molecule has 2 aromatic carbocycles. The maximum absolute atomic E-state index is 12.3. The van der Waals surface area contributed by atoms with Crippen LogP contribution in [-0.4, -0.2) is 15.9 Å². The number of amides is 1. The van der Waals surface area contributed by atoms with Gasteiger partial charge in [-0.1, -0.05) is 48.9 Å². The molecule has 1 amide bonds. The number of para-hydroxylation sites is 1. The van der Waals surface area contributed by atoms with E-state index in [0.717, 1.165) is 12.0 Å². The van der Waals surface area contributed by atoms with E-state index in [9.17, 15) is 9.59 Å². The monoisotopic (exact) mass is 363 g/mol. The number of carbonyl (C=O) groups is 1. The molecule has 0 saturated carbocycles. The van der Waals surface area contributed by atoms with Crippen LogP contribution in [-0.2, 0) is 11.2 Å². The minimum atomic E-state index is -0.134. The second-order valence-corrected chi connectivity index (χ2v) is 6.82. The number of nitrogens with zero attached hydrogens (tertiary/aromatic N) is 1. The van der Waals surface area contributed by atoms with Gasteiger partial charge in [-0.2, -0.15) is 0 Å². The normalized spacial score (nSPS) is 12.1. The average molecular weight is 363 g/mol. The SMILES string of the molecule is CC[C@@H](NC(=O)CCCc1nc2ccccc2c(=O)[nH]1)c1ccc(C)cc1. The van der Waals surface area contributed by atoms with Crippen LogP contribution in [0.2, 0.25) is 0 Å². The van der Waals surface area contributed by atoms with Crippen LogP contribution >= 0.6 is 0 Å². The molecule has 3 aromatic rings. The van der Waals surface area contributed by atoms with Gasteiger partial charge in [-0.15, -0.1) is 0 Å². The quantitative estimate of drug-likeness (QED) is 0.670. The van der Waals surface area contributed by atoms with Crippen LogP contribution in [0.1, 0.15) is 49.2 Å². The van der Waals surface area contributed by atoms with E-state index in [1.807, 2.05) is 18.2 Å². The number of H-pyrrole nitrogens is 1. The fourth-order valence-corrected chi connectivity index (χ4v) is 3.16. The lowest BCUT2D eigenvalue weighted by atomic mass is 10.0. The maximum Gasteiger partial charge on any atom is 0.258 e. The van der Waals surface area contributed by atoms with Gasteiger partial charge in [0, 0.05) is 12.8 Å². The van der Waals surface area contributed by atoms with Crippen LogP contribution < -0.4 is 10.9 Å². The number of aryl methyl sites for hydroxylation is 2. The van der Waals surface area contributed by atoms with Gasteiger partial charge in [0.15, 0.2) is 0 Å². The maximum atomic E-state index is 12.3. The average Bonchev–Trinajstić information content (AvgIpc) is 2.67. The highest BCUT2D eigenvalue weighted by Gasteiger charge is 2.12. The van der Waals surface area contributed by atoms with E-state index in [1.54, 1.807) is 6.07 Å². The Kier molecular flexibility index (Phi) is 6.01. The number of fused-ring (bicyclic) bond motifs is 1. The van der Waals surface area contributed by atoms with E-state index in [2.05, 4.69) is 53.4 Å². The molecule has 0 radical (unpaired) electrons. The lowest BCUT2D eigenvalue weighted by Gasteiger charge is -2.17. The number of aromatic amines is 1. The lowest BCUT2D eigenvalue weighted by molar-refractivity contribution is -0.122. The van der Waals surface area contributed by atoms with Gasteiger partial charge in [0.25, 0.3) is 5.56 Å². The number of nitrogens with one attached hydrogen (secondary N) is 2. The Morgan fingerprint density at radius 2 is 1.89 bits per heavy atom. The summed E-state index contributed by atoms with van der Waals surface area (Å²) in [4.78, 5) is 31.7. The van der Waals surface area contributed by atoms with Gasteiger partial charge >= 0.3 is 0 Å². The van der Waals surface area contributed by atoms with E-state index < -0.39 is 0 Å². The highest BCUT2D eigenvalue weighted by atomic mass is 16.1. The minimum absolute atomic E-state index is 0.0190. The number of rotatable bonds is 7. The molecular formula is C22H25N3O2. The van der Waals surface area contributed by atoms with Crippen LogP contribution in [0.5, 0.6) is 0 Å². The Bertz CT molecular complexity index is 977. The van der Waals surface area contributed by atoms with E-state index in [0.29, 0.717) is 36.0 Å². The largest absolute Gasteiger partial charge is 0.349 e. The molecule has 0 aliphatic carbocycles. The summed E-state index contributed by atoms with van der Waals surface area (Å²) in [6.07, 6.45) is 2.44. The molecule has 0 aliphatic rings. The Balaban J connectivity index is 1.56. The van der Waals surface area contributed by atoms with Gasteiger partial charge in [0.05, 0.1) is 16.9 Å².